The zero-order valence-corrected chi connectivity index (χ0v) is 17.3. The normalized spacial score (nSPS) is 15.0. The number of benzene rings is 1. The third-order valence-electron chi connectivity index (χ3n) is 4.73. The largest absolute Gasteiger partial charge is 0.493 e. The number of carbonyl (C=O) groups is 1. The molecule has 0 radical (unpaired) electrons. The van der Waals surface area contributed by atoms with Crippen molar-refractivity contribution in [3.05, 3.63) is 18.2 Å². The molecule has 156 valence electrons. The highest BCUT2D eigenvalue weighted by Crippen LogP contribution is 2.30. The topological polar surface area (TPSA) is 84.0 Å². The smallest absolute Gasteiger partial charge is 0.223 e. The quantitative estimate of drug-likeness (QED) is 0.343. The summed E-state index contributed by atoms with van der Waals surface area (Å²) in [5, 5.41) is 9.51. The van der Waals surface area contributed by atoms with Crippen molar-refractivity contribution in [2.45, 2.75) is 46.0 Å². The van der Waals surface area contributed by atoms with Gasteiger partial charge >= 0.3 is 0 Å². The van der Waals surface area contributed by atoms with Crippen LogP contribution in [0.15, 0.2) is 23.2 Å². The molecule has 1 saturated carbocycles. The zero-order chi connectivity index (χ0) is 20.2. The van der Waals surface area contributed by atoms with Crippen molar-refractivity contribution in [3.8, 4) is 11.5 Å². The average molecular weight is 391 g/mol. The first-order chi connectivity index (χ1) is 13.7. The number of hydrogen-bond donors (Lipinski definition) is 3. The third kappa shape index (κ3) is 6.94. The summed E-state index contributed by atoms with van der Waals surface area (Å²) in [6.07, 6.45) is 5.60. The summed E-state index contributed by atoms with van der Waals surface area (Å²) in [6.45, 7) is 6.32. The number of aliphatic imine (C=N–C) groups is 1. The first-order valence-electron chi connectivity index (χ1n) is 10.3. The van der Waals surface area contributed by atoms with Crippen LogP contribution in [0.5, 0.6) is 11.5 Å². The van der Waals surface area contributed by atoms with Gasteiger partial charge in [-0.25, -0.2) is 0 Å². The van der Waals surface area contributed by atoms with E-state index in [2.05, 4.69) is 20.9 Å². The molecular weight excluding hydrogens is 356 g/mol. The summed E-state index contributed by atoms with van der Waals surface area (Å²) in [6, 6.07) is 5.67. The van der Waals surface area contributed by atoms with Crippen LogP contribution >= 0.6 is 0 Å². The van der Waals surface area contributed by atoms with E-state index in [0.717, 1.165) is 37.9 Å². The number of anilines is 1. The molecule has 3 N–H and O–H groups in total. The minimum absolute atomic E-state index is 0.171. The van der Waals surface area contributed by atoms with Gasteiger partial charge in [0.15, 0.2) is 17.5 Å². The maximum absolute atomic E-state index is 12.2. The number of methoxy groups -OCH3 is 1. The molecule has 1 aromatic rings. The zero-order valence-electron chi connectivity index (χ0n) is 17.3. The lowest BCUT2D eigenvalue weighted by atomic mass is 9.89. The molecule has 1 aliphatic carbocycles. The molecule has 0 aromatic heterocycles. The van der Waals surface area contributed by atoms with E-state index in [9.17, 15) is 4.79 Å². The van der Waals surface area contributed by atoms with Gasteiger partial charge in [0.25, 0.3) is 0 Å². The number of ether oxygens (including phenoxy) is 2. The van der Waals surface area contributed by atoms with Gasteiger partial charge in [0.05, 0.1) is 20.3 Å². The van der Waals surface area contributed by atoms with Crippen LogP contribution in [0.4, 0.5) is 5.69 Å². The number of hydrogen-bond acceptors (Lipinski definition) is 4. The Hall–Kier alpha value is -2.44. The first kappa shape index (κ1) is 21.9. The van der Waals surface area contributed by atoms with E-state index in [1.54, 1.807) is 7.11 Å². The maximum atomic E-state index is 12.2. The van der Waals surface area contributed by atoms with Crippen molar-refractivity contribution >= 4 is 17.6 Å². The van der Waals surface area contributed by atoms with Crippen molar-refractivity contribution in [3.63, 3.8) is 0 Å². The fourth-order valence-corrected chi connectivity index (χ4v) is 3.32. The van der Waals surface area contributed by atoms with Crippen LogP contribution in [-0.4, -0.2) is 45.2 Å². The van der Waals surface area contributed by atoms with Gasteiger partial charge in [0, 0.05) is 30.8 Å². The van der Waals surface area contributed by atoms with Gasteiger partial charge in [-0.2, -0.15) is 0 Å². The van der Waals surface area contributed by atoms with Gasteiger partial charge in [-0.1, -0.05) is 19.3 Å². The fourth-order valence-electron chi connectivity index (χ4n) is 3.32. The molecule has 0 aliphatic heterocycles. The predicted molar refractivity (Wildman–Crippen MR) is 113 cm³/mol. The summed E-state index contributed by atoms with van der Waals surface area (Å²) >= 11 is 0. The molecule has 0 saturated heterocycles. The lowest BCUT2D eigenvalue weighted by Gasteiger charge is -2.20. The molecular formula is C21H34N4O3. The van der Waals surface area contributed by atoms with Crippen LogP contribution in [0.25, 0.3) is 0 Å². The lowest BCUT2D eigenvalue weighted by Crippen LogP contribution is -2.35. The predicted octanol–water partition coefficient (Wildman–Crippen LogP) is 3.17. The number of nitrogens with zero attached hydrogens (tertiary/aromatic N) is 1. The summed E-state index contributed by atoms with van der Waals surface area (Å²) < 4.78 is 10.9. The average Bonchev–Trinajstić information content (AvgIpc) is 2.72. The monoisotopic (exact) mass is 390 g/mol. The van der Waals surface area contributed by atoms with Crippen LogP contribution in [-0.2, 0) is 4.79 Å². The Morgan fingerprint density at radius 1 is 1.14 bits per heavy atom. The summed E-state index contributed by atoms with van der Waals surface area (Å²) in [7, 11) is 1.62. The highest BCUT2D eigenvalue weighted by Gasteiger charge is 2.20. The van der Waals surface area contributed by atoms with Crippen molar-refractivity contribution in [2.75, 3.05) is 38.7 Å². The highest BCUT2D eigenvalue weighted by molar-refractivity contribution is 5.94. The molecule has 2 rings (SSSR count). The molecule has 1 fully saturated rings. The van der Waals surface area contributed by atoms with Crippen LogP contribution in [0.1, 0.15) is 46.0 Å². The molecule has 0 unspecified atom stereocenters. The summed E-state index contributed by atoms with van der Waals surface area (Å²) in [5.41, 5.74) is 0.857. The van der Waals surface area contributed by atoms with E-state index in [1.807, 2.05) is 32.0 Å². The van der Waals surface area contributed by atoms with Gasteiger partial charge in [0.2, 0.25) is 5.91 Å². The maximum Gasteiger partial charge on any atom is 0.223 e. The molecule has 1 amide bonds. The second-order valence-corrected chi connectivity index (χ2v) is 6.81. The number of amides is 1. The van der Waals surface area contributed by atoms with E-state index >= 15 is 0 Å². The Kier molecular flexibility index (Phi) is 9.45. The molecule has 7 nitrogen and oxygen atoms in total. The van der Waals surface area contributed by atoms with E-state index < -0.39 is 0 Å². The second kappa shape index (κ2) is 12.1. The Morgan fingerprint density at radius 2 is 1.93 bits per heavy atom. The minimum Gasteiger partial charge on any atom is -0.493 e. The Bertz CT molecular complexity index is 643. The Balaban J connectivity index is 1.89. The second-order valence-electron chi connectivity index (χ2n) is 6.81. The van der Waals surface area contributed by atoms with Crippen LogP contribution in [0.3, 0.4) is 0 Å². The fraction of sp³-hybridized carbons (Fsp3) is 0.619. The summed E-state index contributed by atoms with van der Waals surface area (Å²) in [5.74, 6) is 2.40. The van der Waals surface area contributed by atoms with Crippen molar-refractivity contribution in [1.82, 2.24) is 10.6 Å². The molecule has 1 aliphatic rings. The number of nitrogens with one attached hydrogen (secondary N) is 3. The van der Waals surface area contributed by atoms with Crippen LogP contribution in [0.2, 0.25) is 0 Å². The van der Waals surface area contributed by atoms with E-state index in [1.165, 1.54) is 6.42 Å². The van der Waals surface area contributed by atoms with Gasteiger partial charge in [-0.15, -0.1) is 0 Å². The highest BCUT2D eigenvalue weighted by atomic mass is 16.5. The molecule has 28 heavy (non-hydrogen) atoms. The molecule has 0 bridgehead atoms. The number of rotatable bonds is 9. The first-order valence-corrected chi connectivity index (χ1v) is 10.3. The van der Waals surface area contributed by atoms with Gasteiger partial charge < -0.3 is 25.4 Å². The molecule has 7 heteroatoms. The van der Waals surface area contributed by atoms with Gasteiger partial charge in [0.1, 0.15) is 0 Å². The van der Waals surface area contributed by atoms with Crippen molar-refractivity contribution in [1.29, 1.82) is 0 Å². The third-order valence-corrected chi connectivity index (χ3v) is 4.73. The van der Waals surface area contributed by atoms with Crippen molar-refractivity contribution in [2.24, 2.45) is 10.9 Å². The summed E-state index contributed by atoms with van der Waals surface area (Å²) in [4.78, 5) is 16.8. The number of guanidine groups is 1. The van der Waals surface area contributed by atoms with Crippen LogP contribution < -0.4 is 25.4 Å². The Labute approximate surface area is 168 Å². The van der Waals surface area contributed by atoms with Gasteiger partial charge in [-0.3, -0.25) is 9.79 Å². The standard InChI is InChI=1S/C21H34N4O3/c1-4-22-21(24-14-13-23-20(26)16-9-7-6-8-10-16)25-17-11-12-18(27-3)19(15-17)28-5-2/h11-12,15-16H,4-10,13-14H2,1-3H3,(H,23,26)(H2,22,24,25). The molecule has 0 spiro atoms. The SMILES string of the molecule is CCNC(=NCCNC(=O)C1CCCCC1)Nc1ccc(OC)c(OCC)c1. The molecule has 0 heterocycles. The Morgan fingerprint density at radius 3 is 2.61 bits per heavy atom. The van der Waals surface area contributed by atoms with Crippen LogP contribution in [0, 0.1) is 5.92 Å². The van der Waals surface area contributed by atoms with E-state index in [4.69, 9.17) is 9.47 Å². The van der Waals surface area contributed by atoms with Crippen molar-refractivity contribution < 1.29 is 14.3 Å². The van der Waals surface area contributed by atoms with Gasteiger partial charge in [-0.05, 0) is 38.8 Å². The number of carbonyl (C=O) groups excluding carboxylic acids is 1. The minimum atomic E-state index is 0.171. The van der Waals surface area contributed by atoms with E-state index in [-0.39, 0.29) is 11.8 Å². The lowest BCUT2D eigenvalue weighted by molar-refractivity contribution is -0.125. The molecule has 1 aromatic carbocycles. The molecule has 0 atom stereocenters. The van der Waals surface area contributed by atoms with E-state index in [0.29, 0.717) is 37.2 Å².